The Morgan fingerprint density at radius 3 is 2.75 bits per heavy atom. The van der Waals surface area contributed by atoms with Crippen molar-refractivity contribution in [3.63, 3.8) is 0 Å². The molecule has 0 aromatic carbocycles. The van der Waals surface area contributed by atoms with Crippen LogP contribution in [-0.2, 0) is 4.74 Å². The second-order valence-electron chi connectivity index (χ2n) is 1.45. The summed E-state index contributed by atoms with van der Waals surface area (Å²) in [6.07, 6.45) is 9.62. The molecule has 0 N–H and O–H groups in total. The molecule has 0 aromatic heterocycles. The summed E-state index contributed by atoms with van der Waals surface area (Å²) in [6, 6.07) is 0. The molecule has 1 rings (SSSR count). The molecular weight excluding hydrogens is 120 g/mol. The lowest BCUT2D eigenvalue weighted by atomic mass is 10.4. The minimum Gasteiger partial charge on any atom is -0.483 e. The third-order valence-electron chi connectivity index (χ3n) is 0.903. The van der Waals surface area contributed by atoms with Gasteiger partial charge in [-0.2, -0.15) is 0 Å². The topological polar surface area (TPSA) is 9.23 Å². The molecule has 44 valence electrons. The van der Waals surface area contributed by atoms with E-state index in [9.17, 15) is 0 Å². The Hall–Kier alpha value is -0.370. The molecule has 0 saturated heterocycles. The zero-order valence-electron chi connectivity index (χ0n) is 4.70. The summed E-state index contributed by atoms with van der Waals surface area (Å²) in [7, 11) is 0. The highest BCUT2D eigenvalue weighted by Crippen LogP contribution is 2.12. The van der Waals surface area contributed by atoms with Crippen LogP contribution in [0.25, 0.3) is 0 Å². The van der Waals surface area contributed by atoms with Crippen molar-refractivity contribution in [2.75, 3.05) is 6.26 Å². The minimum absolute atomic E-state index is 0.236. The maximum atomic E-state index is 5.12. The first kappa shape index (κ1) is 5.76. The first-order chi connectivity index (χ1) is 3.93. The number of rotatable bonds is 1. The van der Waals surface area contributed by atoms with Gasteiger partial charge < -0.3 is 4.74 Å². The standard InChI is InChI=1S/C6H8OS/c1-8-6-4-2-3-5-7-6/h2-6H,1H3. The van der Waals surface area contributed by atoms with E-state index in [0.29, 0.717) is 0 Å². The van der Waals surface area contributed by atoms with Gasteiger partial charge in [0.05, 0.1) is 6.26 Å². The van der Waals surface area contributed by atoms with E-state index in [0.717, 1.165) is 0 Å². The summed E-state index contributed by atoms with van der Waals surface area (Å²) in [5, 5.41) is 0. The Kier molecular flexibility index (Phi) is 2.03. The molecule has 2 heteroatoms. The van der Waals surface area contributed by atoms with Crippen molar-refractivity contribution in [1.29, 1.82) is 0 Å². The molecule has 0 aliphatic carbocycles. The van der Waals surface area contributed by atoms with Crippen molar-refractivity contribution < 1.29 is 4.74 Å². The van der Waals surface area contributed by atoms with Crippen LogP contribution >= 0.6 is 11.8 Å². The third-order valence-corrected chi connectivity index (χ3v) is 1.64. The molecule has 1 aliphatic heterocycles. The van der Waals surface area contributed by atoms with Gasteiger partial charge in [0.2, 0.25) is 0 Å². The number of hydrogen-bond donors (Lipinski definition) is 0. The SMILES string of the molecule is CSC1C=CC=CO1. The van der Waals surface area contributed by atoms with Gasteiger partial charge in [0.15, 0.2) is 5.44 Å². The van der Waals surface area contributed by atoms with Crippen LogP contribution in [0.1, 0.15) is 0 Å². The summed E-state index contributed by atoms with van der Waals surface area (Å²) in [4.78, 5) is 0. The van der Waals surface area contributed by atoms with Crippen LogP contribution in [0.5, 0.6) is 0 Å². The maximum Gasteiger partial charge on any atom is 0.162 e. The van der Waals surface area contributed by atoms with Crippen LogP contribution in [0.2, 0.25) is 0 Å². The third kappa shape index (κ3) is 1.30. The molecule has 0 radical (unpaired) electrons. The highest BCUT2D eigenvalue weighted by Gasteiger charge is 1.99. The lowest BCUT2D eigenvalue weighted by molar-refractivity contribution is 0.257. The van der Waals surface area contributed by atoms with Crippen molar-refractivity contribution in [2.24, 2.45) is 0 Å². The molecule has 0 aromatic rings. The molecule has 1 heterocycles. The van der Waals surface area contributed by atoms with E-state index in [1.54, 1.807) is 18.0 Å². The van der Waals surface area contributed by atoms with E-state index in [2.05, 4.69) is 0 Å². The predicted molar refractivity (Wildman–Crippen MR) is 36.7 cm³/mol. The lowest BCUT2D eigenvalue weighted by Crippen LogP contribution is -2.00. The molecule has 1 nitrogen and oxygen atoms in total. The normalized spacial score (nSPS) is 25.4. The van der Waals surface area contributed by atoms with Crippen molar-refractivity contribution in [3.05, 3.63) is 24.5 Å². The van der Waals surface area contributed by atoms with E-state index in [1.807, 2.05) is 24.5 Å². The molecule has 0 saturated carbocycles. The molecule has 0 amide bonds. The molecule has 1 aliphatic rings. The van der Waals surface area contributed by atoms with Crippen LogP contribution < -0.4 is 0 Å². The largest absolute Gasteiger partial charge is 0.483 e. The van der Waals surface area contributed by atoms with Gasteiger partial charge in [-0.1, -0.05) is 6.08 Å². The van der Waals surface area contributed by atoms with Crippen molar-refractivity contribution in [2.45, 2.75) is 5.44 Å². The Labute approximate surface area is 53.4 Å². The Morgan fingerprint density at radius 1 is 1.50 bits per heavy atom. The van der Waals surface area contributed by atoms with E-state index in [4.69, 9.17) is 4.74 Å². The van der Waals surface area contributed by atoms with Crippen LogP contribution in [0.3, 0.4) is 0 Å². The summed E-state index contributed by atoms with van der Waals surface area (Å²) in [5.41, 5.74) is 0.236. The van der Waals surface area contributed by atoms with E-state index in [1.165, 1.54) is 0 Å². The average molecular weight is 128 g/mol. The summed E-state index contributed by atoms with van der Waals surface area (Å²) in [5.74, 6) is 0. The Balaban J connectivity index is 2.40. The zero-order valence-corrected chi connectivity index (χ0v) is 5.52. The predicted octanol–water partition coefficient (Wildman–Crippen LogP) is 1.78. The fraction of sp³-hybridized carbons (Fsp3) is 0.333. The average Bonchev–Trinajstić information content (AvgIpc) is 1.90. The van der Waals surface area contributed by atoms with Gasteiger partial charge in [-0.3, -0.25) is 0 Å². The van der Waals surface area contributed by atoms with Crippen LogP contribution in [0.4, 0.5) is 0 Å². The summed E-state index contributed by atoms with van der Waals surface area (Å²) >= 11 is 1.69. The second-order valence-corrected chi connectivity index (χ2v) is 2.39. The van der Waals surface area contributed by atoms with Gasteiger partial charge in [0.25, 0.3) is 0 Å². The molecule has 1 unspecified atom stereocenters. The number of thioether (sulfide) groups is 1. The van der Waals surface area contributed by atoms with Gasteiger partial charge in [0.1, 0.15) is 0 Å². The van der Waals surface area contributed by atoms with Crippen LogP contribution in [-0.4, -0.2) is 11.7 Å². The van der Waals surface area contributed by atoms with Crippen molar-refractivity contribution in [1.82, 2.24) is 0 Å². The van der Waals surface area contributed by atoms with E-state index >= 15 is 0 Å². The molecule has 0 fully saturated rings. The van der Waals surface area contributed by atoms with E-state index in [-0.39, 0.29) is 5.44 Å². The highest BCUT2D eigenvalue weighted by atomic mass is 32.2. The Bertz CT molecular complexity index is 118. The van der Waals surface area contributed by atoms with Gasteiger partial charge in [-0.05, 0) is 18.4 Å². The first-order valence-electron chi connectivity index (χ1n) is 2.45. The fourth-order valence-corrected chi connectivity index (χ4v) is 0.926. The van der Waals surface area contributed by atoms with Crippen molar-refractivity contribution in [3.8, 4) is 0 Å². The second kappa shape index (κ2) is 2.82. The molecule has 0 bridgehead atoms. The van der Waals surface area contributed by atoms with Gasteiger partial charge >= 0.3 is 0 Å². The lowest BCUT2D eigenvalue weighted by Gasteiger charge is -2.10. The summed E-state index contributed by atoms with van der Waals surface area (Å²) < 4.78 is 5.12. The summed E-state index contributed by atoms with van der Waals surface area (Å²) in [6.45, 7) is 0. The Morgan fingerprint density at radius 2 is 2.38 bits per heavy atom. The quantitative estimate of drug-likeness (QED) is 0.532. The highest BCUT2D eigenvalue weighted by molar-refractivity contribution is 7.99. The smallest absolute Gasteiger partial charge is 0.162 e. The first-order valence-corrected chi connectivity index (χ1v) is 3.74. The number of allylic oxidation sites excluding steroid dienone is 2. The zero-order chi connectivity index (χ0) is 5.82. The minimum atomic E-state index is 0.236. The molecule has 0 spiro atoms. The molecule has 8 heavy (non-hydrogen) atoms. The molecular formula is C6H8OS. The van der Waals surface area contributed by atoms with Gasteiger partial charge in [-0.25, -0.2) is 0 Å². The van der Waals surface area contributed by atoms with Crippen molar-refractivity contribution >= 4 is 11.8 Å². The monoisotopic (exact) mass is 128 g/mol. The number of ether oxygens (including phenoxy) is 1. The maximum absolute atomic E-state index is 5.12. The van der Waals surface area contributed by atoms with Gasteiger partial charge in [0, 0.05) is 0 Å². The van der Waals surface area contributed by atoms with E-state index < -0.39 is 0 Å². The van der Waals surface area contributed by atoms with Crippen LogP contribution in [0.15, 0.2) is 24.5 Å². The fourth-order valence-electron chi connectivity index (χ4n) is 0.503. The number of hydrogen-bond acceptors (Lipinski definition) is 2. The molecule has 1 atom stereocenters. The van der Waals surface area contributed by atoms with Crippen LogP contribution in [0, 0.1) is 0 Å². The van der Waals surface area contributed by atoms with Gasteiger partial charge in [-0.15, -0.1) is 11.8 Å².